The monoisotopic (exact) mass is 365 g/mol. The highest BCUT2D eigenvalue weighted by Gasteiger charge is 2.21. The van der Waals surface area contributed by atoms with Crippen LogP contribution in [0.5, 0.6) is 17.4 Å². The van der Waals surface area contributed by atoms with Gasteiger partial charge in [-0.3, -0.25) is 4.90 Å². The van der Waals surface area contributed by atoms with Crippen molar-refractivity contribution < 1.29 is 14.2 Å². The molecule has 4 rings (SSSR count). The SMILES string of the molecule is N#Cc1ccnc(OCC2CCCN(Cc3ccc4c(c3)OCCO4)C2)c1. The Hall–Kier alpha value is -2.78. The molecule has 0 N–H and O–H groups in total. The molecule has 1 fully saturated rings. The topological polar surface area (TPSA) is 67.6 Å². The summed E-state index contributed by atoms with van der Waals surface area (Å²) in [6, 6.07) is 11.7. The Bertz CT molecular complexity index is 834. The van der Waals surface area contributed by atoms with Gasteiger partial charge in [0.15, 0.2) is 11.5 Å². The largest absolute Gasteiger partial charge is 0.486 e. The average molecular weight is 365 g/mol. The third-order valence-electron chi connectivity index (χ3n) is 4.95. The van der Waals surface area contributed by atoms with E-state index in [1.165, 1.54) is 5.56 Å². The summed E-state index contributed by atoms with van der Waals surface area (Å²) in [5.41, 5.74) is 1.81. The number of ether oxygens (including phenoxy) is 3. The number of likely N-dealkylation sites (tertiary alicyclic amines) is 1. The molecule has 3 heterocycles. The molecule has 0 radical (unpaired) electrons. The Morgan fingerprint density at radius 2 is 2.07 bits per heavy atom. The fourth-order valence-electron chi connectivity index (χ4n) is 3.64. The Labute approximate surface area is 159 Å². The Kier molecular flexibility index (Phi) is 5.40. The molecule has 1 atom stereocenters. The zero-order chi connectivity index (χ0) is 18.5. The summed E-state index contributed by atoms with van der Waals surface area (Å²) in [4.78, 5) is 6.65. The van der Waals surface area contributed by atoms with E-state index in [1.54, 1.807) is 18.3 Å². The summed E-state index contributed by atoms with van der Waals surface area (Å²) in [5.74, 6) is 2.67. The minimum absolute atomic E-state index is 0.462. The predicted molar refractivity (Wildman–Crippen MR) is 99.9 cm³/mol. The molecular weight excluding hydrogens is 342 g/mol. The van der Waals surface area contributed by atoms with E-state index in [0.29, 0.717) is 37.2 Å². The Balaban J connectivity index is 1.32. The van der Waals surface area contributed by atoms with Crippen molar-refractivity contribution in [2.24, 2.45) is 5.92 Å². The molecule has 1 aromatic heterocycles. The summed E-state index contributed by atoms with van der Waals surface area (Å²) < 4.78 is 17.1. The van der Waals surface area contributed by atoms with Gasteiger partial charge >= 0.3 is 0 Å². The summed E-state index contributed by atoms with van der Waals surface area (Å²) in [6.45, 7) is 4.83. The molecule has 2 aliphatic heterocycles. The molecular formula is C21H23N3O3. The van der Waals surface area contributed by atoms with Crippen molar-refractivity contribution in [2.75, 3.05) is 32.9 Å². The Morgan fingerprint density at radius 1 is 1.19 bits per heavy atom. The number of rotatable bonds is 5. The molecule has 1 aromatic carbocycles. The number of hydrogen-bond acceptors (Lipinski definition) is 6. The van der Waals surface area contributed by atoms with E-state index in [0.717, 1.165) is 44.0 Å². The minimum Gasteiger partial charge on any atom is -0.486 e. The van der Waals surface area contributed by atoms with Crippen LogP contribution < -0.4 is 14.2 Å². The van der Waals surface area contributed by atoms with E-state index >= 15 is 0 Å². The van der Waals surface area contributed by atoms with Crippen LogP contribution in [0.25, 0.3) is 0 Å². The lowest BCUT2D eigenvalue weighted by Gasteiger charge is -2.32. The molecule has 0 bridgehead atoms. The second-order valence-corrected chi connectivity index (χ2v) is 7.03. The van der Waals surface area contributed by atoms with Gasteiger partial charge < -0.3 is 14.2 Å². The average Bonchev–Trinajstić information content (AvgIpc) is 2.73. The number of hydrogen-bond donors (Lipinski definition) is 0. The first-order chi connectivity index (χ1) is 13.3. The summed E-state index contributed by atoms with van der Waals surface area (Å²) >= 11 is 0. The van der Waals surface area contributed by atoms with Gasteiger partial charge in [0.1, 0.15) is 13.2 Å². The number of aromatic nitrogens is 1. The molecule has 6 nitrogen and oxygen atoms in total. The van der Waals surface area contributed by atoms with Gasteiger partial charge in [0.2, 0.25) is 5.88 Å². The van der Waals surface area contributed by atoms with Crippen LogP contribution in [0.1, 0.15) is 24.0 Å². The maximum atomic E-state index is 8.97. The van der Waals surface area contributed by atoms with E-state index in [2.05, 4.69) is 28.1 Å². The zero-order valence-corrected chi connectivity index (χ0v) is 15.3. The lowest BCUT2D eigenvalue weighted by molar-refractivity contribution is 0.122. The van der Waals surface area contributed by atoms with Gasteiger partial charge in [-0.15, -0.1) is 0 Å². The maximum Gasteiger partial charge on any atom is 0.214 e. The molecule has 2 aromatic rings. The molecule has 0 saturated carbocycles. The summed E-state index contributed by atoms with van der Waals surface area (Å²) in [5, 5.41) is 8.97. The first-order valence-corrected chi connectivity index (χ1v) is 9.40. The second kappa shape index (κ2) is 8.28. The van der Waals surface area contributed by atoms with Crippen molar-refractivity contribution in [1.29, 1.82) is 5.26 Å². The van der Waals surface area contributed by atoms with Crippen LogP contribution in [-0.2, 0) is 6.54 Å². The van der Waals surface area contributed by atoms with E-state index < -0.39 is 0 Å². The van der Waals surface area contributed by atoms with Crippen LogP contribution in [0.4, 0.5) is 0 Å². The molecule has 2 aliphatic rings. The van der Waals surface area contributed by atoms with Crippen molar-refractivity contribution in [1.82, 2.24) is 9.88 Å². The summed E-state index contributed by atoms with van der Waals surface area (Å²) in [7, 11) is 0. The van der Waals surface area contributed by atoms with Crippen LogP contribution in [0.2, 0.25) is 0 Å². The van der Waals surface area contributed by atoms with Gasteiger partial charge in [-0.2, -0.15) is 5.26 Å². The van der Waals surface area contributed by atoms with Crippen molar-refractivity contribution in [3.8, 4) is 23.4 Å². The van der Waals surface area contributed by atoms with Crippen molar-refractivity contribution in [3.05, 3.63) is 47.7 Å². The number of fused-ring (bicyclic) bond motifs is 1. The van der Waals surface area contributed by atoms with Gasteiger partial charge in [-0.25, -0.2) is 4.98 Å². The quantitative estimate of drug-likeness (QED) is 0.811. The molecule has 140 valence electrons. The van der Waals surface area contributed by atoms with Crippen molar-refractivity contribution in [2.45, 2.75) is 19.4 Å². The van der Waals surface area contributed by atoms with Crippen LogP contribution in [0, 0.1) is 17.2 Å². The Morgan fingerprint density at radius 3 is 2.96 bits per heavy atom. The normalized spacial score (nSPS) is 19.3. The first-order valence-electron chi connectivity index (χ1n) is 9.40. The van der Waals surface area contributed by atoms with Gasteiger partial charge in [-0.05, 0) is 43.1 Å². The van der Waals surface area contributed by atoms with Gasteiger partial charge in [0.05, 0.1) is 18.2 Å². The number of benzene rings is 1. The molecule has 0 amide bonds. The second-order valence-electron chi connectivity index (χ2n) is 7.03. The van der Waals surface area contributed by atoms with Crippen molar-refractivity contribution >= 4 is 0 Å². The maximum absolute atomic E-state index is 8.97. The lowest BCUT2D eigenvalue weighted by Crippen LogP contribution is -2.37. The molecule has 1 saturated heterocycles. The van der Waals surface area contributed by atoms with E-state index in [4.69, 9.17) is 19.5 Å². The highest BCUT2D eigenvalue weighted by molar-refractivity contribution is 5.43. The fraction of sp³-hybridized carbons (Fsp3) is 0.429. The lowest BCUT2D eigenvalue weighted by atomic mass is 9.98. The van der Waals surface area contributed by atoms with Gasteiger partial charge in [-0.1, -0.05) is 6.07 Å². The number of pyridine rings is 1. The number of piperidine rings is 1. The van der Waals surface area contributed by atoms with E-state index in [-0.39, 0.29) is 0 Å². The van der Waals surface area contributed by atoms with Crippen LogP contribution in [0.3, 0.4) is 0 Å². The van der Waals surface area contributed by atoms with Gasteiger partial charge in [0.25, 0.3) is 0 Å². The van der Waals surface area contributed by atoms with Crippen LogP contribution in [0.15, 0.2) is 36.5 Å². The molecule has 0 spiro atoms. The van der Waals surface area contributed by atoms with Crippen LogP contribution in [-0.4, -0.2) is 42.8 Å². The molecule has 0 aliphatic carbocycles. The number of nitrogens with zero attached hydrogens (tertiary/aromatic N) is 3. The smallest absolute Gasteiger partial charge is 0.214 e. The standard InChI is InChI=1S/C21H23N3O3/c22-12-16-5-6-23-21(11-16)27-15-18-2-1-7-24(14-18)13-17-3-4-19-20(10-17)26-9-8-25-19/h3-6,10-11,18H,1-2,7-9,13-15H2. The first kappa shape index (κ1) is 17.6. The molecule has 6 heteroatoms. The highest BCUT2D eigenvalue weighted by Crippen LogP contribution is 2.31. The number of nitriles is 1. The van der Waals surface area contributed by atoms with Crippen molar-refractivity contribution in [3.63, 3.8) is 0 Å². The molecule has 27 heavy (non-hydrogen) atoms. The predicted octanol–water partition coefficient (Wildman–Crippen LogP) is 3.02. The van der Waals surface area contributed by atoms with E-state index in [1.807, 2.05) is 6.07 Å². The minimum atomic E-state index is 0.462. The third kappa shape index (κ3) is 4.50. The van der Waals surface area contributed by atoms with E-state index in [9.17, 15) is 0 Å². The summed E-state index contributed by atoms with van der Waals surface area (Å²) in [6.07, 6.45) is 3.92. The highest BCUT2D eigenvalue weighted by atomic mass is 16.6. The molecule has 1 unspecified atom stereocenters. The third-order valence-corrected chi connectivity index (χ3v) is 4.95. The van der Waals surface area contributed by atoms with Gasteiger partial charge in [0, 0.05) is 31.3 Å². The zero-order valence-electron chi connectivity index (χ0n) is 15.3. The fourth-order valence-corrected chi connectivity index (χ4v) is 3.64. The van der Waals surface area contributed by atoms with Crippen LogP contribution >= 0.6 is 0 Å².